The van der Waals surface area contributed by atoms with Crippen LogP contribution in [0.5, 0.6) is 0 Å². The van der Waals surface area contributed by atoms with E-state index in [1.54, 1.807) is 0 Å². The van der Waals surface area contributed by atoms with Gasteiger partial charge < -0.3 is 9.47 Å². The molecule has 0 aliphatic rings. The van der Waals surface area contributed by atoms with Crippen molar-refractivity contribution in [2.45, 2.75) is 252 Å². The number of ether oxygens (including phenoxy) is 2. The fraction of sp³-hybridized carbons (Fsp3) is 0.955. The highest BCUT2D eigenvalue weighted by Gasteiger charge is 2.11. The average Bonchev–Trinajstić information content (AvgIpc) is 3.09. The average molecular weight is 679 g/mol. The van der Waals surface area contributed by atoms with Crippen LogP contribution in [0.25, 0.3) is 0 Å². The molecule has 0 radical (unpaired) electrons. The first-order chi connectivity index (χ1) is 23.6. The summed E-state index contributed by atoms with van der Waals surface area (Å²) in [5.41, 5.74) is 0. The molecule has 0 bridgehead atoms. The van der Waals surface area contributed by atoms with Gasteiger partial charge in [0.1, 0.15) is 0 Å². The zero-order valence-corrected chi connectivity index (χ0v) is 33.1. The van der Waals surface area contributed by atoms with Gasteiger partial charge in [0, 0.05) is 18.8 Å². The van der Waals surface area contributed by atoms with Crippen LogP contribution in [0.15, 0.2) is 0 Å². The van der Waals surface area contributed by atoms with Gasteiger partial charge in [-0.25, -0.2) is 0 Å². The zero-order chi connectivity index (χ0) is 35.0. The Morgan fingerprint density at radius 2 is 0.521 bits per heavy atom. The largest absolute Gasteiger partial charge is 0.465 e. The molecule has 4 heteroatoms. The third kappa shape index (κ3) is 39.4. The predicted molar refractivity (Wildman–Crippen MR) is 209 cm³/mol. The van der Waals surface area contributed by atoms with Gasteiger partial charge in [-0.05, 0) is 12.8 Å². The molecule has 0 spiro atoms. The summed E-state index contributed by atoms with van der Waals surface area (Å²) in [6, 6.07) is 0. The van der Waals surface area contributed by atoms with Crippen molar-refractivity contribution in [3.05, 3.63) is 0 Å². The predicted octanol–water partition coefficient (Wildman–Crippen LogP) is 14.8. The van der Waals surface area contributed by atoms with E-state index in [9.17, 15) is 9.59 Å². The molecule has 0 fully saturated rings. The lowest BCUT2D eigenvalue weighted by molar-refractivity contribution is -0.148. The number of hydrogen-bond donors (Lipinski definition) is 0. The van der Waals surface area contributed by atoms with Crippen molar-refractivity contribution in [2.24, 2.45) is 5.92 Å². The molecule has 0 amide bonds. The normalized spacial score (nSPS) is 11.4. The minimum atomic E-state index is -0.113. The van der Waals surface area contributed by atoms with Crippen LogP contribution in [-0.2, 0) is 19.1 Å². The summed E-state index contributed by atoms with van der Waals surface area (Å²) in [5, 5.41) is 0. The molecule has 0 heterocycles. The Morgan fingerprint density at radius 3 is 0.729 bits per heavy atom. The van der Waals surface area contributed by atoms with Crippen LogP contribution in [0.2, 0.25) is 0 Å². The fourth-order valence-electron chi connectivity index (χ4n) is 6.65. The minimum Gasteiger partial charge on any atom is -0.465 e. The van der Waals surface area contributed by atoms with Crippen LogP contribution in [0.4, 0.5) is 0 Å². The van der Waals surface area contributed by atoms with E-state index in [-0.39, 0.29) is 17.9 Å². The summed E-state index contributed by atoms with van der Waals surface area (Å²) < 4.78 is 10.9. The molecule has 48 heavy (non-hydrogen) atoms. The number of rotatable bonds is 40. The Labute approximate surface area is 301 Å². The zero-order valence-electron chi connectivity index (χ0n) is 33.1. The van der Waals surface area contributed by atoms with Gasteiger partial charge >= 0.3 is 11.9 Å². The maximum atomic E-state index is 12.1. The van der Waals surface area contributed by atoms with E-state index in [1.807, 2.05) is 6.92 Å². The van der Waals surface area contributed by atoms with Gasteiger partial charge in [0.2, 0.25) is 0 Å². The molecule has 0 saturated carbocycles. The van der Waals surface area contributed by atoms with E-state index in [4.69, 9.17) is 9.47 Å². The highest BCUT2D eigenvalue weighted by molar-refractivity contribution is 5.69. The van der Waals surface area contributed by atoms with E-state index in [1.165, 1.54) is 193 Å². The van der Waals surface area contributed by atoms with Gasteiger partial charge in [-0.15, -0.1) is 0 Å². The van der Waals surface area contributed by atoms with Crippen LogP contribution in [-0.4, -0.2) is 25.2 Å². The van der Waals surface area contributed by atoms with Crippen molar-refractivity contribution in [3.8, 4) is 0 Å². The second-order valence-corrected chi connectivity index (χ2v) is 15.3. The van der Waals surface area contributed by atoms with Crippen LogP contribution >= 0.6 is 0 Å². The third-order valence-corrected chi connectivity index (χ3v) is 10.0. The Hall–Kier alpha value is -1.06. The third-order valence-electron chi connectivity index (χ3n) is 10.0. The first kappa shape index (κ1) is 46.9. The van der Waals surface area contributed by atoms with Gasteiger partial charge in [-0.1, -0.05) is 226 Å². The van der Waals surface area contributed by atoms with Gasteiger partial charge in [0.05, 0.1) is 13.2 Å². The molecule has 0 atom stereocenters. The second kappa shape index (κ2) is 40.4. The molecular formula is C44H86O4. The monoisotopic (exact) mass is 679 g/mol. The molecule has 0 aliphatic heterocycles. The van der Waals surface area contributed by atoms with E-state index in [2.05, 4.69) is 13.8 Å². The lowest BCUT2D eigenvalue weighted by Crippen LogP contribution is -2.18. The van der Waals surface area contributed by atoms with Crippen LogP contribution in [0.1, 0.15) is 252 Å². The van der Waals surface area contributed by atoms with Crippen molar-refractivity contribution in [2.75, 3.05) is 13.2 Å². The minimum absolute atomic E-state index is 0.0454. The maximum Gasteiger partial charge on any atom is 0.305 e. The van der Waals surface area contributed by atoms with Gasteiger partial charge in [-0.2, -0.15) is 0 Å². The van der Waals surface area contributed by atoms with E-state index in [0.29, 0.717) is 26.1 Å². The lowest BCUT2D eigenvalue weighted by atomic mass is 10.0. The molecular weight excluding hydrogens is 592 g/mol. The number of carbonyl (C=O) groups excluding carboxylic acids is 2. The topological polar surface area (TPSA) is 52.6 Å². The fourth-order valence-corrected chi connectivity index (χ4v) is 6.65. The first-order valence-corrected chi connectivity index (χ1v) is 21.9. The number of unbranched alkanes of at least 4 members (excludes halogenated alkanes) is 32. The van der Waals surface area contributed by atoms with Crippen LogP contribution in [0, 0.1) is 5.92 Å². The van der Waals surface area contributed by atoms with Gasteiger partial charge in [0.25, 0.3) is 0 Å². The standard InChI is InChI=1S/C44H86O4/c1-4-6-8-10-12-14-16-18-20-22-24-26-28-30-32-34-36-38-43(45)47-40-42(3)41-48-44(46)39-37-35-33-31-29-27-25-23-21-19-17-15-13-11-9-7-5-2/h42H,4-41H2,1-3H3. The maximum absolute atomic E-state index is 12.1. The second-order valence-electron chi connectivity index (χ2n) is 15.3. The summed E-state index contributed by atoms with van der Waals surface area (Å²) in [7, 11) is 0. The highest BCUT2D eigenvalue weighted by Crippen LogP contribution is 2.16. The Kier molecular flexibility index (Phi) is 39.5. The summed E-state index contributed by atoms with van der Waals surface area (Å²) in [4.78, 5) is 24.2. The molecule has 0 unspecified atom stereocenters. The Morgan fingerprint density at radius 1 is 0.333 bits per heavy atom. The lowest BCUT2D eigenvalue weighted by Gasteiger charge is -2.13. The molecule has 286 valence electrons. The molecule has 0 aliphatic carbocycles. The molecule has 0 aromatic carbocycles. The van der Waals surface area contributed by atoms with Crippen molar-refractivity contribution >= 4 is 11.9 Å². The summed E-state index contributed by atoms with van der Waals surface area (Å²) in [6.45, 7) is 7.22. The number of hydrogen-bond acceptors (Lipinski definition) is 4. The summed E-state index contributed by atoms with van der Waals surface area (Å²) in [5.74, 6) is -0.181. The van der Waals surface area contributed by atoms with Crippen molar-refractivity contribution in [3.63, 3.8) is 0 Å². The Bertz CT molecular complexity index is 594. The highest BCUT2D eigenvalue weighted by atomic mass is 16.5. The van der Waals surface area contributed by atoms with Crippen molar-refractivity contribution < 1.29 is 19.1 Å². The van der Waals surface area contributed by atoms with E-state index < -0.39 is 0 Å². The van der Waals surface area contributed by atoms with Gasteiger partial charge in [-0.3, -0.25) is 9.59 Å². The van der Waals surface area contributed by atoms with Crippen LogP contribution < -0.4 is 0 Å². The molecule has 0 rings (SSSR count). The SMILES string of the molecule is CCCCCCCCCCCCCCCCCCCC(=O)OCC(C)COC(=O)CCCCCCCCCCCCCCCCCCC. The van der Waals surface area contributed by atoms with E-state index >= 15 is 0 Å². The number of esters is 2. The first-order valence-electron chi connectivity index (χ1n) is 21.9. The molecule has 0 aromatic rings. The molecule has 0 aromatic heterocycles. The Balaban J connectivity index is 3.36. The van der Waals surface area contributed by atoms with Crippen molar-refractivity contribution in [1.29, 1.82) is 0 Å². The van der Waals surface area contributed by atoms with Crippen LogP contribution in [0.3, 0.4) is 0 Å². The smallest absolute Gasteiger partial charge is 0.305 e. The molecule has 4 nitrogen and oxygen atoms in total. The quantitative estimate of drug-likeness (QED) is 0.0478. The number of carbonyl (C=O) groups is 2. The summed E-state index contributed by atoms with van der Waals surface area (Å²) in [6.07, 6.45) is 46.6. The molecule has 0 saturated heterocycles. The van der Waals surface area contributed by atoms with Crippen molar-refractivity contribution in [1.82, 2.24) is 0 Å². The van der Waals surface area contributed by atoms with E-state index in [0.717, 1.165) is 25.7 Å². The summed E-state index contributed by atoms with van der Waals surface area (Å²) >= 11 is 0. The molecule has 0 N–H and O–H groups in total. The van der Waals surface area contributed by atoms with Gasteiger partial charge in [0.15, 0.2) is 0 Å².